The monoisotopic (exact) mass is 269 g/mol. The molecule has 4 N–H and O–H groups in total. The van der Waals surface area contributed by atoms with Crippen LogP contribution in [0.2, 0.25) is 0 Å². The molecule has 1 amide bonds. The van der Waals surface area contributed by atoms with Crippen molar-refractivity contribution in [2.45, 2.75) is 24.3 Å². The van der Waals surface area contributed by atoms with E-state index in [1.807, 2.05) is 0 Å². The van der Waals surface area contributed by atoms with Crippen molar-refractivity contribution in [3.63, 3.8) is 0 Å². The number of amides is 1. The molecule has 5 nitrogen and oxygen atoms in total. The van der Waals surface area contributed by atoms with Crippen molar-refractivity contribution in [2.24, 2.45) is 11.7 Å². The minimum Gasteiger partial charge on any atom is -0.481 e. The Bertz CT molecular complexity index is 449. The van der Waals surface area contributed by atoms with E-state index in [1.54, 1.807) is 31.2 Å². The molecule has 0 saturated carbocycles. The number of aliphatic carboxylic acids is 1. The summed E-state index contributed by atoms with van der Waals surface area (Å²) in [7, 11) is 0. The van der Waals surface area contributed by atoms with Gasteiger partial charge >= 0.3 is 5.97 Å². The van der Waals surface area contributed by atoms with Crippen LogP contribution < -0.4 is 5.73 Å². The highest BCUT2D eigenvalue weighted by molar-refractivity contribution is 8.13. The van der Waals surface area contributed by atoms with Crippen LogP contribution in [0.4, 0.5) is 4.79 Å². The zero-order valence-electron chi connectivity index (χ0n) is 9.87. The molecule has 0 aromatic heterocycles. The Kier molecular flexibility index (Phi) is 5.18. The summed E-state index contributed by atoms with van der Waals surface area (Å²) >= 11 is 0.821. The number of carbonyl (C=O) groups is 2. The van der Waals surface area contributed by atoms with Crippen LogP contribution in [0.5, 0.6) is 0 Å². The molecule has 0 bridgehead atoms. The minimum atomic E-state index is -0.971. The van der Waals surface area contributed by atoms with E-state index >= 15 is 0 Å². The molecule has 6 heteroatoms. The number of aliphatic hydroxyl groups excluding tert-OH is 1. The first-order chi connectivity index (χ1) is 8.41. The molecule has 98 valence electrons. The molecule has 1 aromatic carbocycles. The standard InChI is InChI=1S/C12H15NO4S/c1-7(6-10(14)15)11(16)8-4-2-3-5-9(8)18-12(13)17/h2-5,7,11,16H,6H2,1H3,(H2,13,17)(H,14,15). The van der Waals surface area contributed by atoms with Crippen molar-refractivity contribution in [3.8, 4) is 0 Å². The molecule has 18 heavy (non-hydrogen) atoms. The zero-order chi connectivity index (χ0) is 13.7. The van der Waals surface area contributed by atoms with Gasteiger partial charge in [-0.15, -0.1) is 0 Å². The van der Waals surface area contributed by atoms with E-state index in [2.05, 4.69) is 0 Å². The molecule has 0 radical (unpaired) electrons. The number of benzene rings is 1. The lowest BCUT2D eigenvalue weighted by atomic mass is 9.95. The Morgan fingerprint density at radius 2 is 2.00 bits per heavy atom. The highest BCUT2D eigenvalue weighted by Crippen LogP contribution is 2.32. The van der Waals surface area contributed by atoms with E-state index in [4.69, 9.17) is 10.8 Å². The van der Waals surface area contributed by atoms with Gasteiger partial charge in [-0.25, -0.2) is 0 Å². The predicted molar refractivity (Wildman–Crippen MR) is 68.3 cm³/mol. The molecular formula is C12H15NO4S. The van der Waals surface area contributed by atoms with E-state index < -0.39 is 23.2 Å². The van der Waals surface area contributed by atoms with E-state index in [-0.39, 0.29) is 6.42 Å². The Balaban J connectivity index is 2.93. The fourth-order valence-electron chi connectivity index (χ4n) is 1.62. The third-order valence-electron chi connectivity index (χ3n) is 2.48. The molecule has 0 heterocycles. The molecule has 1 rings (SSSR count). The Hall–Kier alpha value is -1.53. The maximum Gasteiger partial charge on any atom is 0.303 e. The molecule has 2 atom stereocenters. The summed E-state index contributed by atoms with van der Waals surface area (Å²) in [6.45, 7) is 1.64. The van der Waals surface area contributed by atoms with Crippen molar-refractivity contribution in [1.29, 1.82) is 0 Å². The maximum absolute atomic E-state index is 10.9. The molecule has 1 aromatic rings. The van der Waals surface area contributed by atoms with Crippen LogP contribution in [0.15, 0.2) is 29.2 Å². The summed E-state index contributed by atoms with van der Waals surface area (Å²) in [5.41, 5.74) is 5.62. The Labute approximate surface area is 109 Å². The van der Waals surface area contributed by atoms with Crippen LogP contribution in [0.1, 0.15) is 25.0 Å². The lowest BCUT2D eigenvalue weighted by Gasteiger charge is -2.19. The van der Waals surface area contributed by atoms with Gasteiger partial charge < -0.3 is 15.9 Å². The number of rotatable bonds is 5. The number of aliphatic hydroxyl groups is 1. The Morgan fingerprint density at radius 1 is 1.39 bits per heavy atom. The largest absolute Gasteiger partial charge is 0.481 e. The van der Waals surface area contributed by atoms with Gasteiger partial charge in [0.1, 0.15) is 0 Å². The summed E-state index contributed by atoms with van der Waals surface area (Å²) in [6, 6.07) is 6.77. The molecule has 0 fully saturated rings. The number of carbonyl (C=O) groups excluding carboxylic acids is 1. The fraction of sp³-hybridized carbons (Fsp3) is 0.333. The van der Waals surface area contributed by atoms with Gasteiger partial charge in [0, 0.05) is 4.90 Å². The second kappa shape index (κ2) is 6.42. The van der Waals surface area contributed by atoms with Gasteiger partial charge in [0.2, 0.25) is 0 Å². The average Bonchev–Trinajstić information content (AvgIpc) is 2.27. The van der Waals surface area contributed by atoms with Gasteiger partial charge in [0.05, 0.1) is 12.5 Å². The van der Waals surface area contributed by atoms with Crippen LogP contribution in [-0.4, -0.2) is 21.4 Å². The highest BCUT2D eigenvalue weighted by Gasteiger charge is 2.22. The topological polar surface area (TPSA) is 101 Å². The SMILES string of the molecule is CC(CC(=O)O)C(O)c1ccccc1SC(N)=O. The summed E-state index contributed by atoms with van der Waals surface area (Å²) < 4.78 is 0. The van der Waals surface area contributed by atoms with Gasteiger partial charge in [-0.1, -0.05) is 25.1 Å². The van der Waals surface area contributed by atoms with Gasteiger partial charge in [-0.05, 0) is 29.3 Å². The summed E-state index contributed by atoms with van der Waals surface area (Å²) in [6.07, 6.45) is -1.08. The van der Waals surface area contributed by atoms with Crippen molar-refractivity contribution in [3.05, 3.63) is 29.8 Å². The van der Waals surface area contributed by atoms with Gasteiger partial charge in [-0.2, -0.15) is 0 Å². The first kappa shape index (κ1) is 14.5. The minimum absolute atomic E-state index is 0.142. The molecule has 0 saturated heterocycles. The summed E-state index contributed by atoms with van der Waals surface area (Å²) in [5.74, 6) is -1.42. The molecule has 0 aliphatic carbocycles. The normalized spacial score (nSPS) is 13.9. The molecule has 0 aliphatic rings. The average molecular weight is 269 g/mol. The zero-order valence-corrected chi connectivity index (χ0v) is 10.7. The van der Waals surface area contributed by atoms with Gasteiger partial charge in [0.15, 0.2) is 0 Å². The predicted octanol–water partition coefficient (Wildman–Crippen LogP) is 2.00. The number of hydrogen-bond donors (Lipinski definition) is 3. The smallest absolute Gasteiger partial charge is 0.303 e. The van der Waals surface area contributed by atoms with Crippen molar-refractivity contribution >= 4 is 23.0 Å². The van der Waals surface area contributed by atoms with Crippen molar-refractivity contribution < 1.29 is 19.8 Å². The van der Waals surface area contributed by atoms with E-state index in [9.17, 15) is 14.7 Å². The maximum atomic E-state index is 10.9. The molecule has 2 unspecified atom stereocenters. The second-order valence-electron chi connectivity index (χ2n) is 3.98. The number of primary amides is 1. The molecular weight excluding hydrogens is 254 g/mol. The summed E-state index contributed by atoms with van der Waals surface area (Å²) in [4.78, 5) is 22.1. The second-order valence-corrected chi connectivity index (χ2v) is 5.03. The quantitative estimate of drug-likeness (QED) is 0.710. The fourth-order valence-corrected chi connectivity index (χ4v) is 2.29. The first-order valence-corrected chi connectivity index (χ1v) is 6.19. The number of thioether (sulfide) groups is 1. The molecule has 0 aliphatic heterocycles. The van der Waals surface area contributed by atoms with Crippen LogP contribution in [0.25, 0.3) is 0 Å². The third kappa shape index (κ3) is 4.05. The van der Waals surface area contributed by atoms with Gasteiger partial charge in [0.25, 0.3) is 5.24 Å². The van der Waals surface area contributed by atoms with E-state index in [0.717, 1.165) is 11.8 Å². The van der Waals surface area contributed by atoms with Crippen LogP contribution >= 0.6 is 11.8 Å². The van der Waals surface area contributed by atoms with E-state index in [1.165, 1.54) is 0 Å². The van der Waals surface area contributed by atoms with Crippen LogP contribution in [0, 0.1) is 5.92 Å². The number of nitrogens with two attached hydrogens (primary N) is 1. The number of carboxylic acids is 1. The van der Waals surface area contributed by atoms with Crippen molar-refractivity contribution in [1.82, 2.24) is 0 Å². The Morgan fingerprint density at radius 3 is 2.56 bits per heavy atom. The number of carboxylic acid groups (broad SMARTS) is 1. The highest BCUT2D eigenvalue weighted by atomic mass is 32.2. The first-order valence-electron chi connectivity index (χ1n) is 5.38. The van der Waals surface area contributed by atoms with E-state index in [0.29, 0.717) is 10.5 Å². The number of hydrogen-bond acceptors (Lipinski definition) is 4. The van der Waals surface area contributed by atoms with Crippen LogP contribution in [-0.2, 0) is 4.79 Å². The molecule has 0 spiro atoms. The lowest BCUT2D eigenvalue weighted by Crippen LogP contribution is -2.15. The van der Waals surface area contributed by atoms with Crippen LogP contribution in [0.3, 0.4) is 0 Å². The van der Waals surface area contributed by atoms with Gasteiger partial charge in [-0.3, -0.25) is 9.59 Å². The van der Waals surface area contributed by atoms with Crippen molar-refractivity contribution in [2.75, 3.05) is 0 Å². The third-order valence-corrected chi connectivity index (χ3v) is 3.28. The lowest BCUT2D eigenvalue weighted by molar-refractivity contribution is -0.139. The summed E-state index contributed by atoms with van der Waals surface area (Å²) in [5, 5.41) is 18.2.